The third-order valence-electron chi connectivity index (χ3n) is 2.46. The van der Waals surface area contributed by atoms with Gasteiger partial charge in [-0.25, -0.2) is 0 Å². The molecule has 1 aliphatic carbocycles. The molecule has 1 heterocycles. The van der Waals surface area contributed by atoms with Crippen molar-refractivity contribution >= 4 is 5.97 Å². The Balaban J connectivity index is 1.71. The van der Waals surface area contributed by atoms with E-state index in [1.54, 1.807) is 0 Å². The van der Waals surface area contributed by atoms with Crippen LogP contribution in [0.25, 0.3) is 0 Å². The number of aryl methyl sites for hydroxylation is 1. The smallest absolute Gasteiger partial charge is 0.303 e. The molecule has 0 aliphatic heterocycles. The standard InChI is InChI=1S/C10H14N2O3/c13-9(14)4-2-1-3-8-11-10(12-15-8)7-5-6-7/h7H,1-6H2,(H,13,14). The average Bonchev–Trinajstić information content (AvgIpc) is 2.94. The molecule has 1 saturated carbocycles. The van der Waals surface area contributed by atoms with E-state index in [2.05, 4.69) is 10.1 Å². The Morgan fingerprint density at radius 1 is 1.47 bits per heavy atom. The summed E-state index contributed by atoms with van der Waals surface area (Å²) in [4.78, 5) is 14.5. The van der Waals surface area contributed by atoms with Crippen molar-refractivity contribution in [3.63, 3.8) is 0 Å². The number of carboxylic acid groups (broad SMARTS) is 1. The Bertz CT molecular complexity index is 344. The van der Waals surface area contributed by atoms with Gasteiger partial charge in [0, 0.05) is 18.8 Å². The van der Waals surface area contributed by atoms with E-state index in [0.717, 1.165) is 25.1 Å². The normalized spacial score (nSPS) is 15.5. The van der Waals surface area contributed by atoms with Crippen LogP contribution in [0.4, 0.5) is 0 Å². The quantitative estimate of drug-likeness (QED) is 0.724. The number of nitrogens with zero attached hydrogens (tertiary/aromatic N) is 2. The van der Waals surface area contributed by atoms with Crippen molar-refractivity contribution in [2.75, 3.05) is 0 Å². The second-order valence-corrected chi connectivity index (χ2v) is 3.92. The third-order valence-corrected chi connectivity index (χ3v) is 2.46. The zero-order valence-electron chi connectivity index (χ0n) is 8.48. The summed E-state index contributed by atoms with van der Waals surface area (Å²) in [5.41, 5.74) is 0. The SMILES string of the molecule is O=C(O)CCCCc1nc(C2CC2)no1. The fourth-order valence-electron chi connectivity index (χ4n) is 1.43. The summed E-state index contributed by atoms with van der Waals surface area (Å²) in [6, 6.07) is 0. The largest absolute Gasteiger partial charge is 0.481 e. The predicted octanol–water partition coefficient (Wildman–Crippen LogP) is 1.74. The van der Waals surface area contributed by atoms with Crippen molar-refractivity contribution < 1.29 is 14.4 Å². The summed E-state index contributed by atoms with van der Waals surface area (Å²) in [5, 5.41) is 12.3. The van der Waals surface area contributed by atoms with E-state index in [1.807, 2.05) is 0 Å². The fraction of sp³-hybridized carbons (Fsp3) is 0.700. The highest BCUT2D eigenvalue weighted by molar-refractivity contribution is 5.66. The average molecular weight is 210 g/mol. The molecule has 0 atom stereocenters. The van der Waals surface area contributed by atoms with Crippen molar-refractivity contribution in [2.24, 2.45) is 0 Å². The van der Waals surface area contributed by atoms with E-state index in [1.165, 1.54) is 0 Å². The minimum atomic E-state index is -0.751. The molecule has 1 N–H and O–H groups in total. The van der Waals surface area contributed by atoms with Crippen LogP contribution in [0.15, 0.2) is 4.52 Å². The zero-order valence-corrected chi connectivity index (χ0v) is 8.48. The zero-order chi connectivity index (χ0) is 10.7. The molecule has 1 fully saturated rings. The Kier molecular flexibility index (Phi) is 2.99. The fourth-order valence-corrected chi connectivity index (χ4v) is 1.43. The van der Waals surface area contributed by atoms with E-state index in [4.69, 9.17) is 9.63 Å². The number of unbranched alkanes of at least 4 members (excludes halogenated alkanes) is 1. The van der Waals surface area contributed by atoms with Crippen LogP contribution in [0.5, 0.6) is 0 Å². The Hall–Kier alpha value is -1.39. The van der Waals surface area contributed by atoms with E-state index in [-0.39, 0.29) is 6.42 Å². The van der Waals surface area contributed by atoms with E-state index < -0.39 is 5.97 Å². The molecule has 1 aromatic rings. The molecule has 0 amide bonds. The lowest BCUT2D eigenvalue weighted by atomic mass is 10.2. The number of aliphatic carboxylic acids is 1. The van der Waals surface area contributed by atoms with Crippen LogP contribution < -0.4 is 0 Å². The molecular formula is C10H14N2O3. The predicted molar refractivity (Wildman–Crippen MR) is 51.5 cm³/mol. The molecule has 2 rings (SSSR count). The summed E-state index contributed by atoms with van der Waals surface area (Å²) < 4.78 is 5.06. The number of carboxylic acids is 1. The number of hydrogen-bond donors (Lipinski definition) is 1. The lowest BCUT2D eigenvalue weighted by Crippen LogP contribution is -1.95. The highest BCUT2D eigenvalue weighted by Crippen LogP contribution is 2.38. The highest BCUT2D eigenvalue weighted by Gasteiger charge is 2.28. The van der Waals surface area contributed by atoms with E-state index in [9.17, 15) is 4.79 Å². The van der Waals surface area contributed by atoms with Gasteiger partial charge in [-0.2, -0.15) is 4.98 Å². The van der Waals surface area contributed by atoms with Crippen LogP contribution >= 0.6 is 0 Å². The molecule has 0 unspecified atom stereocenters. The first-order chi connectivity index (χ1) is 7.25. The summed E-state index contributed by atoms with van der Waals surface area (Å²) in [7, 11) is 0. The molecule has 1 aromatic heterocycles. The van der Waals surface area contributed by atoms with Crippen molar-refractivity contribution in [1.29, 1.82) is 0 Å². The molecule has 1 aliphatic rings. The maximum absolute atomic E-state index is 10.3. The Labute approximate surface area is 87.5 Å². The van der Waals surface area contributed by atoms with Crippen molar-refractivity contribution in [1.82, 2.24) is 10.1 Å². The summed E-state index contributed by atoms with van der Waals surface area (Å²) in [6.07, 6.45) is 4.68. The molecule has 82 valence electrons. The second kappa shape index (κ2) is 4.42. The Morgan fingerprint density at radius 2 is 2.27 bits per heavy atom. The summed E-state index contributed by atoms with van der Waals surface area (Å²) >= 11 is 0. The first-order valence-electron chi connectivity index (χ1n) is 5.30. The molecule has 0 saturated heterocycles. The van der Waals surface area contributed by atoms with Gasteiger partial charge in [-0.15, -0.1) is 0 Å². The van der Waals surface area contributed by atoms with Crippen molar-refractivity contribution in [3.05, 3.63) is 11.7 Å². The first kappa shape index (κ1) is 10.1. The van der Waals surface area contributed by atoms with E-state index in [0.29, 0.717) is 24.7 Å². The van der Waals surface area contributed by atoms with Crippen LogP contribution in [0.2, 0.25) is 0 Å². The topological polar surface area (TPSA) is 76.2 Å². The van der Waals surface area contributed by atoms with Gasteiger partial charge in [0.15, 0.2) is 5.82 Å². The molecule has 0 spiro atoms. The van der Waals surface area contributed by atoms with Gasteiger partial charge in [0.1, 0.15) is 0 Å². The maximum atomic E-state index is 10.3. The Morgan fingerprint density at radius 3 is 2.93 bits per heavy atom. The van der Waals surface area contributed by atoms with Gasteiger partial charge in [-0.3, -0.25) is 4.79 Å². The van der Waals surface area contributed by atoms with Crippen LogP contribution in [0, 0.1) is 0 Å². The van der Waals surface area contributed by atoms with Gasteiger partial charge < -0.3 is 9.63 Å². The van der Waals surface area contributed by atoms with Crippen LogP contribution in [-0.2, 0) is 11.2 Å². The van der Waals surface area contributed by atoms with Gasteiger partial charge in [-0.1, -0.05) is 5.16 Å². The van der Waals surface area contributed by atoms with E-state index >= 15 is 0 Å². The van der Waals surface area contributed by atoms with Gasteiger partial charge in [-0.05, 0) is 25.7 Å². The van der Waals surface area contributed by atoms with Gasteiger partial charge in [0.25, 0.3) is 0 Å². The minimum Gasteiger partial charge on any atom is -0.481 e. The number of hydrogen-bond acceptors (Lipinski definition) is 4. The first-order valence-corrected chi connectivity index (χ1v) is 5.30. The monoisotopic (exact) mass is 210 g/mol. The minimum absolute atomic E-state index is 0.212. The lowest BCUT2D eigenvalue weighted by molar-refractivity contribution is -0.137. The third kappa shape index (κ3) is 3.04. The summed E-state index contributed by atoms with van der Waals surface area (Å²) in [6.45, 7) is 0. The number of carbonyl (C=O) groups is 1. The van der Waals surface area contributed by atoms with Crippen LogP contribution in [0.3, 0.4) is 0 Å². The van der Waals surface area contributed by atoms with Gasteiger partial charge >= 0.3 is 5.97 Å². The van der Waals surface area contributed by atoms with Crippen LogP contribution in [0.1, 0.15) is 49.7 Å². The van der Waals surface area contributed by atoms with Crippen LogP contribution in [-0.4, -0.2) is 21.2 Å². The number of rotatable bonds is 6. The molecule has 5 nitrogen and oxygen atoms in total. The molecule has 0 bridgehead atoms. The van der Waals surface area contributed by atoms with Gasteiger partial charge in [0.2, 0.25) is 5.89 Å². The van der Waals surface area contributed by atoms with Gasteiger partial charge in [0.05, 0.1) is 0 Å². The maximum Gasteiger partial charge on any atom is 0.303 e. The highest BCUT2D eigenvalue weighted by atomic mass is 16.5. The lowest BCUT2D eigenvalue weighted by Gasteiger charge is -1.93. The summed E-state index contributed by atoms with van der Waals surface area (Å²) in [5.74, 6) is 1.23. The van der Waals surface area contributed by atoms with Crippen molar-refractivity contribution in [2.45, 2.75) is 44.4 Å². The molecular weight excluding hydrogens is 196 g/mol. The molecule has 0 radical (unpaired) electrons. The number of aromatic nitrogens is 2. The molecule has 0 aromatic carbocycles. The van der Waals surface area contributed by atoms with Crippen molar-refractivity contribution in [3.8, 4) is 0 Å². The second-order valence-electron chi connectivity index (χ2n) is 3.92. The molecule has 5 heteroatoms. The molecule has 15 heavy (non-hydrogen) atoms.